The Labute approximate surface area is 646 Å². The third-order valence-electron chi connectivity index (χ3n) is 22.0. The summed E-state index contributed by atoms with van der Waals surface area (Å²) < 4.78 is 17.6. The van der Waals surface area contributed by atoms with Gasteiger partial charge >= 0.3 is 0 Å². The third kappa shape index (κ3) is 11.8. The minimum atomic E-state index is 0.907. The van der Waals surface area contributed by atoms with Crippen LogP contribution in [0.15, 0.2) is 421 Å². The lowest BCUT2D eigenvalue weighted by molar-refractivity contribution is 0.669. The Bertz CT molecular complexity index is 6780. The van der Waals surface area contributed by atoms with Crippen LogP contribution in [0.3, 0.4) is 0 Å². The lowest BCUT2D eigenvalue weighted by Crippen LogP contribution is -1.94. The van der Waals surface area contributed by atoms with E-state index < -0.39 is 0 Å². The van der Waals surface area contributed by atoms with Gasteiger partial charge in [-0.15, -0.1) is 0 Å². The molecule has 22 aromatic rings. The molecule has 0 aliphatic heterocycles. The van der Waals surface area contributed by atoms with Gasteiger partial charge in [-0.25, -0.2) is 9.97 Å². The van der Waals surface area contributed by atoms with Crippen molar-refractivity contribution in [2.45, 2.75) is 0 Å². The van der Waals surface area contributed by atoms with E-state index in [1.165, 1.54) is 65.9 Å². The summed E-state index contributed by atoms with van der Waals surface area (Å²) in [6.07, 6.45) is 0. The summed E-state index contributed by atoms with van der Waals surface area (Å²) in [5.74, 6) is 0. The first-order valence-corrected chi connectivity index (χ1v) is 38.1. The summed E-state index contributed by atoms with van der Waals surface area (Å²) in [5.41, 5.74) is 32.5. The molecular weight excluding hydrogens is 1360 g/mol. The molecule has 0 bridgehead atoms. The molecule has 6 heteroatoms. The molecule has 0 spiro atoms. The Balaban J connectivity index is 0.000000141. The Kier molecular flexibility index (Phi) is 16.1. The molecule has 6 heterocycles. The lowest BCUT2D eigenvalue weighted by Gasteiger charge is -2.12. The minimum absolute atomic E-state index is 0.907. The van der Waals surface area contributed by atoms with Crippen molar-refractivity contribution >= 4 is 87.5 Å². The van der Waals surface area contributed by atoms with Crippen LogP contribution in [-0.2, 0) is 0 Å². The number of hydrogen-bond donors (Lipinski definition) is 0. The Morgan fingerprint density at radius 1 is 0.170 bits per heavy atom. The smallest absolute Gasteiger partial charge is 0.143 e. The number of benzene rings is 16. The van der Waals surface area contributed by atoms with Crippen molar-refractivity contribution in [3.8, 4) is 123 Å². The molecule has 22 rings (SSSR count). The molecule has 0 amide bonds. The van der Waals surface area contributed by atoms with E-state index in [1.54, 1.807) is 0 Å². The fourth-order valence-corrected chi connectivity index (χ4v) is 16.6. The van der Waals surface area contributed by atoms with Gasteiger partial charge in [0, 0.05) is 87.8 Å². The quantitative estimate of drug-likeness (QED) is 0.122. The first-order valence-electron chi connectivity index (χ1n) is 38.1. The molecule has 0 aliphatic carbocycles. The van der Waals surface area contributed by atoms with E-state index in [9.17, 15) is 0 Å². The largest absolute Gasteiger partial charge is 0.455 e. The molecule has 6 nitrogen and oxygen atoms in total. The van der Waals surface area contributed by atoms with Crippen LogP contribution >= 0.6 is 0 Å². The number of nitrogens with zero attached hydrogens (tertiary/aromatic N) is 4. The molecule has 0 atom stereocenters. The van der Waals surface area contributed by atoms with Crippen molar-refractivity contribution in [2.75, 3.05) is 0 Å². The van der Waals surface area contributed by atoms with Crippen LogP contribution in [0, 0.1) is 0 Å². The number of aromatic nitrogens is 4. The molecule has 0 fully saturated rings. The number of hydrogen-bond acceptors (Lipinski definition) is 4. The SMILES string of the molecule is c1ccc(-c2cc(-c3ccc(-c4ccc5c(c4)c4ccccc4n5-c4cccc(-c5cccc6c5oc5ccccc56)c4)cc3)cc(-c3ccccc3)n2)cc1.c1ccc(-c2cc(-c3ccccc3)nc(-c3ccc(-c4ccc5c(c4)c4ccccc4n5-c4cccc(-c5cccc6c5oc5ccccc56)c4)cc3)c2)cc1. The van der Waals surface area contributed by atoms with E-state index in [4.69, 9.17) is 18.8 Å². The van der Waals surface area contributed by atoms with Gasteiger partial charge in [0.2, 0.25) is 0 Å². The van der Waals surface area contributed by atoms with Gasteiger partial charge < -0.3 is 18.0 Å². The fourth-order valence-electron chi connectivity index (χ4n) is 16.6. The van der Waals surface area contributed by atoms with Crippen molar-refractivity contribution in [2.24, 2.45) is 0 Å². The van der Waals surface area contributed by atoms with Crippen LogP contribution in [-0.4, -0.2) is 19.1 Å². The van der Waals surface area contributed by atoms with Gasteiger partial charge in [-0.2, -0.15) is 0 Å². The predicted octanol–water partition coefficient (Wildman–Crippen LogP) is 28.8. The summed E-state index contributed by atoms with van der Waals surface area (Å²) in [4.78, 5) is 10.2. The van der Waals surface area contributed by atoms with Crippen LogP contribution < -0.4 is 0 Å². The second kappa shape index (κ2) is 27.7. The molecule has 0 aliphatic rings. The molecule has 0 N–H and O–H groups in total. The molecule has 0 unspecified atom stereocenters. The molecule has 524 valence electrons. The zero-order chi connectivity index (χ0) is 74.0. The topological polar surface area (TPSA) is 61.9 Å². The third-order valence-corrected chi connectivity index (χ3v) is 22.0. The second-order valence-corrected chi connectivity index (χ2v) is 28.7. The van der Waals surface area contributed by atoms with Crippen LogP contribution in [0.4, 0.5) is 0 Å². The van der Waals surface area contributed by atoms with Gasteiger partial charge in [-0.05, 0) is 153 Å². The average molecular weight is 1430 g/mol. The van der Waals surface area contributed by atoms with Gasteiger partial charge in [-0.1, -0.05) is 315 Å². The Hall–Kier alpha value is -15.0. The van der Waals surface area contributed by atoms with Crippen molar-refractivity contribution in [1.29, 1.82) is 0 Å². The Morgan fingerprint density at radius 3 is 0.866 bits per heavy atom. The maximum absolute atomic E-state index is 6.43. The van der Waals surface area contributed by atoms with E-state index in [-0.39, 0.29) is 0 Å². The molecule has 6 aromatic heterocycles. The zero-order valence-electron chi connectivity index (χ0n) is 60.9. The predicted molar refractivity (Wildman–Crippen MR) is 466 cm³/mol. The summed E-state index contributed by atoms with van der Waals surface area (Å²) in [7, 11) is 0. The highest BCUT2D eigenvalue weighted by atomic mass is 16.3. The summed E-state index contributed by atoms with van der Waals surface area (Å²) >= 11 is 0. The van der Waals surface area contributed by atoms with E-state index in [0.717, 1.165) is 145 Å². The summed E-state index contributed by atoms with van der Waals surface area (Å²) in [6.45, 7) is 0. The lowest BCUT2D eigenvalue weighted by atomic mass is 9.97. The molecule has 0 radical (unpaired) electrons. The van der Waals surface area contributed by atoms with Crippen LogP contribution in [0.5, 0.6) is 0 Å². The van der Waals surface area contributed by atoms with E-state index >= 15 is 0 Å². The van der Waals surface area contributed by atoms with E-state index in [1.807, 2.05) is 42.5 Å². The van der Waals surface area contributed by atoms with Crippen molar-refractivity contribution in [1.82, 2.24) is 19.1 Å². The average Bonchev–Trinajstić information content (AvgIpc) is 1.60. The van der Waals surface area contributed by atoms with Gasteiger partial charge in [0.15, 0.2) is 0 Å². The van der Waals surface area contributed by atoms with Gasteiger partial charge in [0.25, 0.3) is 0 Å². The summed E-state index contributed by atoms with van der Waals surface area (Å²) in [6, 6.07) is 147. The molecule has 0 saturated heterocycles. The fraction of sp³-hybridized carbons (Fsp3) is 0. The van der Waals surface area contributed by atoms with Gasteiger partial charge in [0.05, 0.1) is 44.8 Å². The highest BCUT2D eigenvalue weighted by Gasteiger charge is 2.21. The van der Waals surface area contributed by atoms with E-state index in [2.05, 4.69) is 379 Å². The molecular formula is C106H68N4O2. The Morgan fingerprint density at radius 2 is 0.455 bits per heavy atom. The molecule has 0 saturated carbocycles. The second-order valence-electron chi connectivity index (χ2n) is 28.7. The normalized spacial score (nSPS) is 11.6. The highest BCUT2D eigenvalue weighted by molar-refractivity contribution is 6.14. The monoisotopic (exact) mass is 1430 g/mol. The highest BCUT2D eigenvalue weighted by Crippen LogP contribution is 2.44. The number of para-hydroxylation sites is 6. The maximum atomic E-state index is 6.43. The first-order chi connectivity index (χ1) is 55.5. The van der Waals surface area contributed by atoms with Gasteiger partial charge in [-0.3, -0.25) is 0 Å². The maximum Gasteiger partial charge on any atom is 0.143 e. The summed E-state index contributed by atoms with van der Waals surface area (Å²) in [5, 5.41) is 9.44. The number of fused-ring (bicyclic) bond motifs is 12. The zero-order valence-corrected chi connectivity index (χ0v) is 60.9. The van der Waals surface area contributed by atoms with Crippen molar-refractivity contribution in [3.05, 3.63) is 413 Å². The van der Waals surface area contributed by atoms with Crippen LogP contribution in [0.2, 0.25) is 0 Å². The number of furan rings is 2. The first kappa shape index (κ1) is 65.3. The van der Waals surface area contributed by atoms with Crippen LogP contribution in [0.1, 0.15) is 0 Å². The number of pyridine rings is 2. The van der Waals surface area contributed by atoms with Crippen LogP contribution in [0.25, 0.3) is 211 Å². The van der Waals surface area contributed by atoms with Crippen molar-refractivity contribution in [3.63, 3.8) is 0 Å². The standard InChI is InChI=1S/2C53H34N2O/c1-3-13-37(14-4-1)48-33-41(34-49(54-48)38-15-5-2-6-16-38)36-27-25-35(26-28-36)39-29-30-51-47(32-39)44-19-7-9-23-50(44)55(51)42-18-11-17-40(31-42)43-21-12-22-46-45-20-8-10-24-52(45)56-53(43)46;1-3-13-35(14-4-1)41-33-48(37-15-5-2-6-16-37)54-49(34-41)38-27-25-36(26-28-38)39-29-30-51-47(32-39)44-19-7-9-23-50(44)55(51)42-18-11-17-40(31-42)43-21-12-22-46-45-20-8-10-24-52(45)56-53(43)46/h2*1-34H. The van der Waals surface area contributed by atoms with Gasteiger partial charge in [0.1, 0.15) is 22.3 Å². The number of rotatable bonds is 12. The molecule has 112 heavy (non-hydrogen) atoms. The molecule has 16 aromatic carbocycles. The minimum Gasteiger partial charge on any atom is -0.455 e. The van der Waals surface area contributed by atoms with E-state index in [0.29, 0.717) is 0 Å². The van der Waals surface area contributed by atoms with Crippen molar-refractivity contribution < 1.29 is 8.83 Å².